The zero-order valence-electron chi connectivity index (χ0n) is 15.0. The van der Waals surface area contributed by atoms with Crippen LogP contribution in [0.4, 0.5) is 11.5 Å². The number of hydrogen-bond acceptors (Lipinski definition) is 6. The molecule has 1 unspecified atom stereocenters. The molecule has 0 fully saturated rings. The van der Waals surface area contributed by atoms with Crippen LogP contribution in [0, 0.1) is 0 Å². The number of aromatic amines is 1. The SMILES string of the molecule is CCCCn1c(N)c(N(CC)CC(O)COC(C)C)c(=O)[nH]c1=O. The first-order chi connectivity index (χ1) is 11.3. The van der Waals surface area contributed by atoms with Gasteiger partial charge in [0, 0.05) is 19.6 Å². The Labute approximate surface area is 142 Å². The van der Waals surface area contributed by atoms with E-state index in [1.54, 1.807) is 4.90 Å². The van der Waals surface area contributed by atoms with Crippen molar-refractivity contribution in [3.05, 3.63) is 20.8 Å². The summed E-state index contributed by atoms with van der Waals surface area (Å²) in [6.07, 6.45) is 0.941. The molecular weight excluding hydrogens is 312 g/mol. The Bertz CT molecular complexity index is 623. The maximum absolute atomic E-state index is 12.2. The molecule has 0 aromatic carbocycles. The highest BCUT2D eigenvalue weighted by molar-refractivity contribution is 5.62. The Morgan fingerprint density at radius 1 is 1.33 bits per heavy atom. The van der Waals surface area contributed by atoms with Crippen LogP contribution in [-0.4, -0.2) is 46.6 Å². The molecule has 0 aliphatic carbocycles. The quantitative estimate of drug-likeness (QED) is 0.572. The van der Waals surface area contributed by atoms with Crippen LogP contribution in [0.15, 0.2) is 9.59 Å². The topological polar surface area (TPSA) is 114 Å². The van der Waals surface area contributed by atoms with Crippen molar-refractivity contribution in [1.29, 1.82) is 0 Å². The van der Waals surface area contributed by atoms with Gasteiger partial charge in [-0.2, -0.15) is 0 Å². The number of anilines is 2. The first-order valence-corrected chi connectivity index (χ1v) is 8.48. The van der Waals surface area contributed by atoms with Gasteiger partial charge < -0.3 is 20.5 Å². The molecule has 0 saturated carbocycles. The molecule has 138 valence electrons. The average molecular weight is 342 g/mol. The van der Waals surface area contributed by atoms with E-state index in [4.69, 9.17) is 10.5 Å². The summed E-state index contributed by atoms with van der Waals surface area (Å²) in [5.41, 5.74) is 5.26. The Hall–Kier alpha value is -1.80. The van der Waals surface area contributed by atoms with Gasteiger partial charge in [0.25, 0.3) is 5.56 Å². The molecule has 1 aromatic rings. The molecule has 1 rings (SSSR count). The third kappa shape index (κ3) is 5.38. The van der Waals surface area contributed by atoms with E-state index >= 15 is 0 Å². The van der Waals surface area contributed by atoms with Gasteiger partial charge in [0.05, 0.1) is 18.8 Å². The number of aliphatic hydroxyl groups is 1. The lowest BCUT2D eigenvalue weighted by molar-refractivity contribution is 0.00895. The molecule has 8 nitrogen and oxygen atoms in total. The first-order valence-electron chi connectivity index (χ1n) is 8.48. The fourth-order valence-electron chi connectivity index (χ4n) is 2.41. The number of H-pyrrole nitrogens is 1. The van der Waals surface area contributed by atoms with Gasteiger partial charge in [0.2, 0.25) is 0 Å². The molecule has 0 spiro atoms. The van der Waals surface area contributed by atoms with Gasteiger partial charge in [0.1, 0.15) is 11.5 Å². The number of nitrogens with zero attached hydrogens (tertiary/aromatic N) is 2. The van der Waals surface area contributed by atoms with Crippen molar-refractivity contribution in [2.24, 2.45) is 0 Å². The molecule has 0 aliphatic rings. The third-order valence-electron chi connectivity index (χ3n) is 3.70. The van der Waals surface area contributed by atoms with E-state index in [0.29, 0.717) is 13.1 Å². The van der Waals surface area contributed by atoms with Gasteiger partial charge >= 0.3 is 5.69 Å². The van der Waals surface area contributed by atoms with Crippen LogP contribution in [0.5, 0.6) is 0 Å². The number of aliphatic hydroxyl groups excluding tert-OH is 1. The Balaban J connectivity index is 3.07. The molecule has 0 bridgehead atoms. The number of nitrogens with two attached hydrogens (primary N) is 1. The van der Waals surface area contributed by atoms with E-state index in [9.17, 15) is 14.7 Å². The summed E-state index contributed by atoms with van der Waals surface area (Å²) in [7, 11) is 0. The number of rotatable bonds is 10. The van der Waals surface area contributed by atoms with E-state index in [0.717, 1.165) is 12.8 Å². The lowest BCUT2D eigenvalue weighted by Crippen LogP contribution is -2.42. The Kier molecular flexibility index (Phi) is 8.00. The molecule has 1 atom stereocenters. The van der Waals surface area contributed by atoms with E-state index in [1.165, 1.54) is 4.57 Å². The third-order valence-corrected chi connectivity index (χ3v) is 3.70. The summed E-state index contributed by atoms with van der Waals surface area (Å²) in [5, 5.41) is 10.1. The summed E-state index contributed by atoms with van der Waals surface area (Å²) in [5.74, 6) is 0.135. The molecule has 0 saturated heterocycles. The van der Waals surface area contributed by atoms with Crippen molar-refractivity contribution in [2.75, 3.05) is 30.3 Å². The number of nitrogen functional groups attached to an aromatic ring is 1. The molecular formula is C16H30N4O4. The normalized spacial score (nSPS) is 12.6. The number of nitrogens with one attached hydrogen (secondary N) is 1. The highest BCUT2D eigenvalue weighted by atomic mass is 16.5. The zero-order valence-corrected chi connectivity index (χ0v) is 15.0. The average Bonchev–Trinajstić information content (AvgIpc) is 2.51. The number of ether oxygens (including phenoxy) is 1. The monoisotopic (exact) mass is 342 g/mol. The van der Waals surface area contributed by atoms with E-state index in [1.807, 2.05) is 27.7 Å². The number of likely N-dealkylation sites (N-methyl/N-ethyl adjacent to an activating group) is 1. The molecule has 0 amide bonds. The van der Waals surface area contributed by atoms with E-state index in [2.05, 4.69) is 4.98 Å². The Morgan fingerprint density at radius 2 is 2.00 bits per heavy atom. The molecule has 8 heteroatoms. The summed E-state index contributed by atoms with van der Waals surface area (Å²) in [6.45, 7) is 8.92. The lowest BCUT2D eigenvalue weighted by atomic mass is 10.3. The predicted octanol–water partition coefficient (Wildman–Crippen LogP) is 0.531. The number of hydrogen-bond donors (Lipinski definition) is 3. The highest BCUT2D eigenvalue weighted by Gasteiger charge is 2.20. The number of unbranched alkanes of at least 4 members (excludes halogenated alkanes) is 1. The van der Waals surface area contributed by atoms with Crippen LogP contribution in [0.1, 0.15) is 40.5 Å². The molecule has 0 aliphatic heterocycles. The van der Waals surface area contributed by atoms with Crippen molar-refractivity contribution >= 4 is 11.5 Å². The lowest BCUT2D eigenvalue weighted by Gasteiger charge is -2.27. The molecule has 4 N–H and O–H groups in total. The zero-order chi connectivity index (χ0) is 18.3. The predicted molar refractivity (Wildman–Crippen MR) is 95.6 cm³/mol. The van der Waals surface area contributed by atoms with Crippen LogP contribution in [0.25, 0.3) is 0 Å². The number of aromatic nitrogens is 2. The van der Waals surface area contributed by atoms with Gasteiger partial charge in [-0.05, 0) is 27.2 Å². The molecule has 1 heterocycles. The second-order valence-electron chi connectivity index (χ2n) is 6.07. The minimum absolute atomic E-state index is 0.0131. The Morgan fingerprint density at radius 3 is 2.54 bits per heavy atom. The van der Waals surface area contributed by atoms with E-state index in [-0.39, 0.29) is 30.8 Å². The van der Waals surface area contributed by atoms with Crippen molar-refractivity contribution in [3.63, 3.8) is 0 Å². The standard InChI is InChI=1S/C16H30N4O4/c1-5-7-8-20-14(17)13(15(22)18-16(20)23)19(6-2)9-12(21)10-24-11(3)4/h11-12,21H,5-10,17H2,1-4H3,(H,18,22,23). The van der Waals surface area contributed by atoms with Crippen molar-refractivity contribution < 1.29 is 9.84 Å². The van der Waals surface area contributed by atoms with Crippen LogP contribution in [0.2, 0.25) is 0 Å². The molecule has 1 aromatic heterocycles. The van der Waals surface area contributed by atoms with Gasteiger partial charge in [-0.3, -0.25) is 14.3 Å². The fourth-order valence-corrected chi connectivity index (χ4v) is 2.41. The van der Waals surface area contributed by atoms with Crippen molar-refractivity contribution in [2.45, 2.75) is 59.3 Å². The van der Waals surface area contributed by atoms with Gasteiger partial charge in [0.15, 0.2) is 0 Å². The van der Waals surface area contributed by atoms with E-state index < -0.39 is 17.4 Å². The van der Waals surface area contributed by atoms with Gasteiger partial charge in [-0.1, -0.05) is 13.3 Å². The summed E-state index contributed by atoms with van der Waals surface area (Å²) >= 11 is 0. The molecule has 24 heavy (non-hydrogen) atoms. The summed E-state index contributed by atoms with van der Waals surface area (Å²) in [4.78, 5) is 28.2. The first kappa shape index (κ1) is 20.2. The molecule has 0 radical (unpaired) electrons. The largest absolute Gasteiger partial charge is 0.389 e. The highest BCUT2D eigenvalue weighted by Crippen LogP contribution is 2.17. The van der Waals surface area contributed by atoms with Crippen molar-refractivity contribution in [1.82, 2.24) is 9.55 Å². The maximum Gasteiger partial charge on any atom is 0.330 e. The minimum Gasteiger partial charge on any atom is -0.389 e. The van der Waals surface area contributed by atoms with Crippen molar-refractivity contribution in [3.8, 4) is 0 Å². The minimum atomic E-state index is -0.762. The summed E-state index contributed by atoms with van der Waals surface area (Å²) in [6, 6.07) is 0. The van der Waals surface area contributed by atoms with Crippen LogP contribution in [0.3, 0.4) is 0 Å². The van der Waals surface area contributed by atoms with Crippen LogP contribution in [-0.2, 0) is 11.3 Å². The van der Waals surface area contributed by atoms with Gasteiger partial charge in [-0.25, -0.2) is 4.79 Å². The fraction of sp³-hybridized carbons (Fsp3) is 0.750. The van der Waals surface area contributed by atoms with Crippen LogP contribution < -0.4 is 21.9 Å². The second-order valence-corrected chi connectivity index (χ2v) is 6.07. The van der Waals surface area contributed by atoms with Crippen LogP contribution >= 0.6 is 0 Å². The van der Waals surface area contributed by atoms with Gasteiger partial charge in [-0.15, -0.1) is 0 Å². The second kappa shape index (κ2) is 9.48. The summed E-state index contributed by atoms with van der Waals surface area (Å²) < 4.78 is 6.77. The smallest absolute Gasteiger partial charge is 0.330 e. The maximum atomic E-state index is 12.2.